The van der Waals surface area contributed by atoms with Crippen molar-refractivity contribution in [2.45, 2.75) is 13.8 Å². The first-order valence-electron chi connectivity index (χ1n) is 6.42. The molecule has 2 aromatic carbocycles. The van der Waals surface area contributed by atoms with Crippen molar-refractivity contribution in [2.24, 2.45) is 0 Å². The number of carbonyl (C=O) groups is 1. The van der Waals surface area contributed by atoms with Gasteiger partial charge in [-0.05, 0) is 43.1 Å². The number of anilines is 1. The van der Waals surface area contributed by atoms with Gasteiger partial charge in [0.05, 0.1) is 5.56 Å². The Bertz CT molecular complexity index is 689. The zero-order chi connectivity index (χ0) is 15.6. The van der Waals surface area contributed by atoms with Crippen LogP contribution in [0, 0.1) is 19.7 Å². The van der Waals surface area contributed by atoms with Crippen molar-refractivity contribution in [3.8, 4) is 0 Å². The van der Waals surface area contributed by atoms with Crippen LogP contribution in [-0.4, -0.2) is 23.1 Å². The van der Waals surface area contributed by atoms with E-state index in [1.807, 2.05) is 26.0 Å². The number of carbonyl (C=O) groups excluding carboxylic acids is 1. The minimum Gasteiger partial charge on any atom is -0.423 e. The number of benzene rings is 2. The van der Waals surface area contributed by atoms with Crippen molar-refractivity contribution < 1.29 is 19.2 Å². The zero-order valence-corrected chi connectivity index (χ0v) is 11.7. The molecule has 108 valence electrons. The highest BCUT2D eigenvalue weighted by Gasteiger charge is 2.18. The molecule has 0 unspecified atom stereocenters. The molecular formula is C15H15BFNO3. The summed E-state index contributed by atoms with van der Waals surface area (Å²) in [5.74, 6) is -1.36. The summed E-state index contributed by atoms with van der Waals surface area (Å²) in [6, 6.07) is 8.86. The highest BCUT2D eigenvalue weighted by molar-refractivity contribution is 6.58. The van der Waals surface area contributed by atoms with E-state index >= 15 is 0 Å². The molecule has 0 aliphatic rings. The zero-order valence-electron chi connectivity index (χ0n) is 11.7. The molecule has 1 amide bonds. The maximum absolute atomic E-state index is 13.7. The molecular weight excluding hydrogens is 272 g/mol. The van der Waals surface area contributed by atoms with Crippen molar-refractivity contribution in [1.29, 1.82) is 0 Å². The summed E-state index contributed by atoms with van der Waals surface area (Å²) in [7, 11) is -1.75. The number of amides is 1. The van der Waals surface area contributed by atoms with E-state index in [9.17, 15) is 9.18 Å². The third kappa shape index (κ3) is 3.48. The van der Waals surface area contributed by atoms with Crippen molar-refractivity contribution >= 4 is 24.2 Å². The summed E-state index contributed by atoms with van der Waals surface area (Å²) in [6.45, 7) is 3.78. The average Bonchev–Trinajstić information content (AvgIpc) is 2.42. The monoisotopic (exact) mass is 287 g/mol. The van der Waals surface area contributed by atoms with Crippen LogP contribution in [0.25, 0.3) is 0 Å². The lowest BCUT2D eigenvalue weighted by atomic mass is 9.79. The number of aryl methyl sites for hydroxylation is 2. The van der Waals surface area contributed by atoms with E-state index in [0.29, 0.717) is 5.69 Å². The highest BCUT2D eigenvalue weighted by atomic mass is 19.1. The summed E-state index contributed by atoms with van der Waals surface area (Å²) in [5.41, 5.74) is 2.33. The number of hydrogen-bond acceptors (Lipinski definition) is 3. The largest absolute Gasteiger partial charge is 0.488 e. The van der Waals surface area contributed by atoms with Gasteiger partial charge in [-0.2, -0.15) is 0 Å². The minimum atomic E-state index is -1.75. The van der Waals surface area contributed by atoms with Crippen molar-refractivity contribution in [3.63, 3.8) is 0 Å². The van der Waals surface area contributed by atoms with Crippen molar-refractivity contribution in [2.75, 3.05) is 5.32 Å². The molecule has 0 bridgehead atoms. The fraction of sp³-hybridized carbons (Fsp3) is 0.133. The van der Waals surface area contributed by atoms with Crippen LogP contribution >= 0.6 is 0 Å². The molecule has 0 fully saturated rings. The Labute approximate surface area is 122 Å². The fourth-order valence-corrected chi connectivity index (χ4v) is 2.02. The van der Waals surface area contributed by atoms with E-state index in [2.05, 4.69) is 5.32 Å². The molecule has 0 saturated carbocycles. The van der Waals surface area contributed by atoms with Gasteiger partial charge in [0.1, 0.15) is 5.82 Å². The molecule has 0 aromatic heterocycles. The van der Waals surface area contributed by atoms with Gasteiger partial charge in [0.2, 0.25) is 0 Å². The first-order chi connectivity index (χ1) is 9.88. The van der Waals surface area contributed by atoms with Crippen LogP contribution in [0.2, 0.25) is 0 Å². The van der Waals surface area contributed by atoms with Crippen molar-refractivity contribution in [1.82, 2.24) is 0 Å². The van der Waals surface area contributed by atoms with Gasteiger partial charge in [0.15, 0.2) is 0 Å². The first kappa shape index (κ1) is 15.2. The van der Waals surface area contributed by atoms with Gasteiger partial charge in [0, 0.05) is 5.69 Å². The third-order valence-corrected chi connectivity index (χ3v) is 3.16. The van der Waals surface area contributed by atoms with Gasteiger partial charge in [-0.25, -0.2) is 4.39 Å². The van der Waals surface area contributed by atoms with E-state index in [-0.39, 0.29) is 11.0 Å². The van der Waals surface area contributed by atoms with Gasteiger partial charge >= 0.3 is 7.12 Å². The van der Waals surface area contributed by atoms with Crippen molar-refractivity contribution in [3.05, 3.63) is 58.9 Å². The summed E-state index contributed by atoms with van der Waals surface area (Å²) in [4.78, 5) is 12.1. The molecule has 3 N–H and O–H groups in total. The average molecular weight is 287 g/mol. The Kier molecular flexibility index (Phi) is 4.40. The summed E-state index contributed by atoms with van der Waals surface area (Å²) in [5, 5.41) is 20.8. The summed E-state index contributed by atoms with van der Waals surface area (Å²) >= 11 is 0. The SMILES string of the molecule is Cc1ccc(NC(=O)c2cc(B(O)O)ccc2F)c(C)c1. The quantitative estimate of drug-likeness (QED) is 0.747. The number of halogens is 1. The van der Waals surface area contributed by atoms with Crippen LogP contribution in [0.5, 0.6) is 0 Å². The molecule has 2 rings (SSSR count). The van der Waals surface area contributed by atoms with Gasteiger partial charge in [-0.15, -0.1) is 0 Å². The number of nitrogens with one attached hydrogen (secondary N) is 1. The number of hydrogen-bond donors (Lipinski definition) is 3. The van der Waals surface area contributed by atoms with Gasteiger partial charge in [0.25, 0.3) is 5.91 Å². The predicted molar refractivity (Wildman–Crippen MR) is 80.1 cm³/mol. The second kappa shape index (κ2) is 6.07. The van der Waals surface area contributed by atoms with Crippen LogP contribution in [0.1, 0.15) is 21.5 Å². The molecule has 0 heterocycles. The maximum atomic E-state index is 13.7. The molecule has 21 heavy (non-hydrogen) atoms. The molecule has 4 nitrogen and oxygen atoms in total. The second-order valence-corrected chi connectivity index (χ2v) is 4.89. The second-order valence-electron chi connectivity index (χ2n) is 4.89. The smallest absolute Gasteiger partial charge is 0.423 e. The maximum Gasteiger partial charge on any atom is 0.488 e. The Morgan fingerprint density at radius 1 is 1.14 bits per heavy atom. The van der Waals surface area contributed by atoms with Crippen LogP contribution in [-0.2, 0) is 0 Å². The third-order valence-electron chi connectivity index (χ3n) is 3.16. The lowest BCUT2D eigenvalue weighted by molar-refractivity contribution is 0.102. The Hall–Kier alpha value is -2.18. The molecule has 6 heteroatoms. The Morgan fingerprint density at radius 3 is 2.48 bits per heavy atom. The van der Waals surface area contributed by atoms with Crippen LogP contribution in [0.15, 0.2) is 36.4 Å². The summed E-state index contributed by atoms with van der Waals surface area (Å²) < 4.78 is 13.7. The normalized spacial score (nSPS) is 10.3. The molecule has 0 saturated heterocycles. The lowest BCUT2D eigenvalue weighted by Gasteiger charge is -2.10. The Morgan fingerprint density at radius 2 is 1.86 bits per heavy atom. The van der Waals surface area contributed by atoms with Gasteiger partial charge in [-0.3, -0.25) is 4.79 Å². The standard InChI is InChI=1S/C15H15BFNO3/c1-9-3-6-14(10(2)7-9)18-15(19)12-8-11(16(20)21)4-5-13(12)17/h3-8,20-21H,1-2H3,(H,18,19). The summed E-state index contributed by atoms with van der Waals surface area (Å²) in [6.07, 6.45) is 0. The Balaban J connectivity index is 2.30. The van der Waals surface area contributed by atoms with E-state index < -0.39 is 18.8 Å². The molecule has 0 aliphatic carbocycles. The highest BCUT2D eigenvalue weighted by Crippen LogP contribution is 2.17. The van der Waals surface area contributed by atoms with Crippen LogP contribution in [0.3, 0.4) is 0 Å². The topological polar surface area (TPSA) is 69.6 Å². The van der Waals surface area contributed by atoms with Crippen LogP contribution in [0.4, 0.5) is 10.1 Å². The van der Waals surface area contributed by atoms with E-state index in [0.717, 1.165) is 23.3 Å². The molecule has 2 aromatic rings. The minimum absolute atomic E-state index is 0.0576. The molecule has 0 aliphatic heterocycles. The van der Waals surface area contributed by atoms with Gasteiger partial charge < -0.3 is 15.4 Å². The predicted octanol–water partition coefficient (Wildman–Crippen LogP) is 1.37. The molecule has 0 atom stereocenters. The van der Waals surface area contributed by atoms with E-state index in [4.69, 9.17) is 10.0 Å². The molecule has 0 radical (unpaired) electrons. The first-order valence-corrected chi connectivity index (χ1v) is 6.42. The lowest BCUT2D eigenvalue weighted by Crippen LogP contribution is -2.31. The van der Waals surface area contributed by atoms with E-state index in [1.165, 1.54) is 6.07 Å². The fourth-order valence-electron chi connectivity index (χ4n) is 2.02. The van der Waals surface area contributed by atoms with E-state index in [1.54, 1.807) is 6.07 Å². The molecule has 0 spiro atoms. The number of rotatable bonds is 3. The van der Waals surface area contributed by atoms with Crippen LogP contribution < -0.4 is 10.8 Å². The van der Waals surface area contributed by atoms with Gasteiger partial charge in [-0.1, -0.05) is 23.8 Å².